The summed E-state index contributed by atoms with van der Waals surface area (Å²) in [6.45, 7) is 3.49. The Balaban J connectivity index is 2.03. The predicted molar refractivity (Wildman–Crippen MR) is 46.5 cm³/mol. The molecule has 1 aliphatic rings. The zero-order valence-electron chi connectivity index (χ0n) is 7.58. The summed E-state index contributed by atoms with van der Waals surface area (Å²) in [5.74, 6) is 1.00. The summed E-state index contributed by atoms with van der Waals surface area (Å²) in [6, 6.07) is 0.328. The largest absolute Gasteiger partial charge is 0.395 e. The van der Waals surface area contributed by atoms with Crippen LogP contribution in [0.3, 0.4) is 0 Å². The van der Waals surface area contributed by atoms with E-state index in [-0.39, 0.29) is 6.61 Å². The molecule has 1 unspecified atom stereocenters. The second kappa shape index (κ2) is 4.07. The standard InChI is InChI=1S/C9H19NO/c1-8(7-11)10(2)6-5-9-3-4-9/h8-9,11H,3-7H2,1-2H3. The summed E-state index contributed by atoms with van der Waals surface area (Å²) in [7, 11) is 2.09. The molecule has 0 bridgehead atoms. The van der Waals surface area contributed by atoms with E-state index in [0.717, 1.165) is 12.5 Å². The van der Waals surface area contributed by atoms with Gasteiger partial charge in [0, 0.05) is 6.04 Å². The van der Waals surface area contributed by atoms with Gasteiger partial charge in [0.1, 0.15) is 0 Å². The van der Waals surface area contributed by atoms with Crippen LogP contribution < -0.4 is 0 Å². The molecule has 0 aromatic rings. The van der Waals surface area contributed by atoms with Crippen molar-refractivity contribution in [2.24, 2.45) is 5.92 Å². The number of aliphatic hydroxyl groups is 1. The third kappa shape index (κ3) is 3.21. The van der Waals surface area contributed by atoms with Gasteiger partial charge in [0.15, 0.2) is 0 Å². The SMILES string of the molecule is CC(CO)N(C)CCC1CC1. The molecule has 1 rings (SSSR count). The van der Waals surface area contributed by atoms with Crippen molar-refractivity contribution in [2.45, 2.75) is 32.2 Å². The molecule has 0 radical (unpaired) electrons. The number of hydrogen-bond acceptors (Lipinski definition) is 2. The molecule has 1 fully saturated rings. The average Bonchev–Trinajstić information content (AvgIpc) is 2.81. The topological polar surface area (TPSA) is 23.5 Å². The van der Waals surface area contributed by atoms with Crippen LogP contribution in [0.2, 0.25) is 0 Å². The normalized spacial score (nSPS) is 20.7. The maximum Gasteiger partial charge on any atom is 0.0584 e. The van der Waals surface area contributed by atoms with Crippen molar-refractivity contribution in [1.82, 2.24) is 4.90 Å². The van der Waals surface area contributed by atoms with Gasteiger partial charge in [-0.1, -0.05) is 12.8 Å². The van der Waals surface area contributed by atoms with Gasteiger partial charge in [0.2, 0.25) is 0 Å². The smallest absolute Gasteiger partial charge is 0.0584 e. The van der Waals surface area contributed by atoms with Crippen LogP contribution in [-0.2, 0) is 0 Å². The first-order valence-corrected chi connectivity index (χ1v) is 4.55. The highest BCUT2D eigenvalue weighted by molar-refractivity contribution is 4.75. The third-order valence-corrected chi connectivity index (χ3v) is 2.60. The van der Waals surface area contributed by atoms with Crippen molar-refractivity contribution >= 4 is 0 Å². The molecule has 1 N–H and O–H groups in total. The minimum atomic E-state index is 0.279. The Morgan fingerprint density at radius 2 is 2.18 bits per heavy atom. The van der Waals surface area contributed by atoms with Gasteiger partial charge >= 0.3 is 0 Å². The Morgan fingerprint density at radius 1 is 1.55 bits per heavy atom. The minimum Gasteiger partial charge on any atom is -0.395 e. The Hall–Kier alpha value is -0.0800. The van der Waals surface area contributed by atoms with Crippen LogP contribution in [0.1, 0.15) is 26.2 Å². The van der Waals surface area contributed by atoms with Gasteiger partial charge < -0.3 is 10.0 Å². The quantitative estimate of drug-likeness (QED) is 0.646. The van der Waals surface area contributed by atoms with E-state index < -0.39 is 0 Å². The van der Waals surface area contributed by atoms with Crippen molar-refractivity contribution in [3.8, 4) is 0 Å². The fraction of sp³-hybridized carbons (Fsp3) is 1.00. The maximum absolute atomic E-state index is 8.84. The van der Waals surface area contributed by atoms with Gasteiger partial charge in [0.05, 0.1) is 6.61 Å². The number of hydrogen-bond donors (Lipinski definition) is 1. The van der Waals surface area contributed by atoms with Crippen molar-refractivity contribution in [3.05, 3.63) is 0 Å². The lowest BCUT2D eigenvalue weighted by molar-refractivity contribution is 0.156. The molecule has 2 nitrogen and oxygen atoms in total. The molecule has 66 valence electrons. The van der Waals surface area contributed by atoms with Gasteiger partial charge in [-0.25, -0.2) is 0 Å². The van der Waals surface area contributed by atoms with Crippen LogP contribution in [0.25, 0.3) is 0 Å². The van der Waals surface area contributed by atoms with Crippen LogP contribution in [0.5, 0.6) is 0 Å². The minimum absolute atomic E-state index is 0.279. The monoisotopic (exact) mass is 157 g/mol. The van der Waals surface area contributed by atoms with Crippen molar-refractivity contribution in [1.29, 1.82) is 0 Å². The van der Waals surface area contributed by atoms with Crippen LogP contribution in [0.15, 0.2) is 0 Å². The molecule has 0 saturated heterocycles. The lowest BCUT2D eigenvalue weighted by Gasteiger charge is -2.22. The van der Waals surface area contributed by atoms with E-state index >= 15 is 0 Å². The van der Waals surface area contributed by atoms with E-state index in [1.165, 1.54) is 19.3 Å². The zero-order valence-corrected chi connectivity index (χ0v) is 7.58. The molecular weight excluding hydrogens is 138 g/mol. The van der Waals surface area contributed by atoms with E-state index in [4.69, 9.17) is 5.11 Å². The number of likely N-dealkylation sites (N-methyl/N-ethyl adjacent to an activating group) is 1. The van der Waals surface area contributed by atoms with Crippen LogP contribution >= 0.6 is 0 Å². The molecule has 0 aliphatic heterocycles. The first-order chi connectivity index (χ1) is 5.24. The van der Waals surface area contributed by atoms with Crippen molar-refractivity contribution < 1.29 is 5.11 Å². The maximum atomic E-state index is 8.84. The van der Waals surface area contributed by atoms with Gasteiger partial charge in [0.25, 0.3) is 0 Å². The first kappa shape index (κ1) is 9.01. The fourth-order valence-electron chi connectivity index (χ4n) is 1.15. The van der Waals surface area contributed by atoms with Gasteiger partial charge in [-0.15, -0.1) is 0 Å². The zero-order chi connectivity index (χ0) is 8.27. The van der Waals surface area contributed by atoms with Crippen molar-refractivity contribution in [2.75, 3.05) is 20.2 Å². The van der Waals surface area contributed by atoms with Crippen LogP contribution in [0.4, 0.5) is 0 Å². The van der Waals surface area contributed by atoms with Gasteiger partial charge in [-0.2, -0.15) is 0 Å². The molecule has 0 amide bonds. The summed E-state index contributed by atoms with van der Waals surface area (Å²) < 4.78 is 0. The molecule has 2 heteroatoms. The number of aliphatic hydroxyl groups excluding tert-OH is 1. The summed E-state index contributed by atoms with van der Waals surface area (Å²) in [5.41, 5.74) is 0. The Morgan fingerprint density at radius 3 is 2.64 bits per heavy atom. The summed E-state index contributed by atoms with van der Waals surface area (Å²) >= 11 is 0. The number of nitrogens with zero attached hydrogens (tertiary/aromatic N) is 1. The Kier molecular flexibility index (Phi) is 3.34. The number of rotatable bonds is 5. The first-order valence-electron chi connectivity index (χ1n) is 4.55. The molecule has 0 heterocycles. The Labute approximate surface area is 69.2 Å². The second-order valence-corrected chi connectivity index (χ2v) is 3.74. The lowest BCUT2D eigenvalue weighted by Crippen LogP contribution is -2.32. The van der Waals surface area contributed by atoms with E-state index in [1.54, 1.807) is 0 Å². The summed E-state index contributed by atoms with van der Waals surface area (Å²) in [5, 5.41) is 8.84. The second-order valence-electron chi connectivity index (χ2n) is 3.74. The molecule has 1 atom stereocenters. The van der Waals surface area contributed by atoms with E-state index in [2.05, 4.69) is 18.9 Å². The lowest BCUT2D eigenvalue weighted by atomic mass is 10.2. The molecule has 0 spiro atoms. The Bertz CT molecular complexity index is 112. The highest BCUT2D eigenvalue weighted by atomic mass is 16.3. The predicted octanol–water partition coefficient (Wildman–Crippen LogP) is 1.10. The van der Waals surface area contributed by atoms with E-state index in [9.17, 15) is 0 Å². The summed E-state index contributed by atoms with van der Waals surface area (Å²) in [4.78, 5) is 2.23. The van der Waals surface area contributed by atoms with Gasteiger partial charge in [-0.05, 0) is 32.9 Å². The highest BCUT2D eigenvalue weighted by Crippen LogP contribution is 2.32. The van der Waals surface area contributed by atoms with E-state index in [1.807, 2.05) is 0 Å². The molecule has 1 saturated carbocycles. The third-order valence-electron chi connectivity index (χ3n) is 2.60. The average molecular weight is 157 g/mol. The fourth-order valence-corrected chi connectivity index (χ4v) is 1.15. The van der Waals surface area contributed by atoms with Crippen LogP contribution in [0, 0.1) is 5.92 Å². The summed E-state index contributed by atoms with van der Waals surface area (Å²) in [6.07, 6.45) is 4.18. The van der Waals surface area contributed by atoms with Crippen molar-refractivity contribution in [3.63, 3.8) is 0 Å². The molecule has 1 aliphatic carbocycles. The van der Waals surface area contributed by atoms with E-state index in [0.29, 0.717) is 6.04 Å². The molecular formula is C9H19NO. The van der Waals surface area contributed by atoms with Crippen LogP contribution in [-0.4, -0.2) is 36.2 Å². The van der Waals surface area contributed by atoms with Gasteiger partial charge in [-0.3, -0.25) is 0 Å². The highest BCUT2D eigenvalue weighted by Gasteiger charge is 2.21. The molecule has 0 aromatic carbocycles. The molecule has 11 heavy (non-hydrogen) atoms. The molecule has 0 aromatic heterocycles.